The van der Waals surface area contributed by atoms with Gasteiger partial charge in [0.25, 0.3) is 0 Å². The topological polar surface area (TPSA) is 102 Å². The van der Waals surface area contributed by atoms with E-state index in [1.807, 2.05) is 11.0 Å². The molecule has 2 saturated heterocycles. The summed E-state index contributed by atoms with van der Waals surface area (Å²) in [5.74, 6) is 0.603. The number of halogens is 1. The molecule has 9 nitrogen and oxygen atoms in total. The fourth-order valence-corrected chi connectivity index (χ4v) is 4.60. The third-order valence-electron chi connectivity index (χ3n) is 6.35. The molecular weight excluding hydrogens is 425 g/mol. The second-order valence-electron chi connectivity index (χ2n) is 8.52. The van der Waals surface area contributed by atoms with Crippen LogP contribution >= 0.6 is 0 Å². The SMILES string of the molecule is CCN1CCCC1CN(c1ccc(OC)c(F)c1)c1nc(N)nc(NC2CCCCCO2)n1. The van der Waals surface area contributed by atoms with Crippen molar-refractivity contribution in [2.75, 3.05) is 49.3 Å². The molecule has 10 heteroatoms. The molecule has 2 fully saturated rings. The molecule has 4 rings (SSSR count). The zero-order chi connectivity index (χ0) is 23.2. The van der Waals surface area contributed by atoms with Gasteiger partial charge in [-0.15, -0.1) is 0 Å². The van der Waals surface area contributed by atoms with Crippen LogP contribution in [0.1, 0.15) is 45.4 Å². The number of likely N-dealkylation sites (tertiary alicyclic amines) is 1. The Kier molecular flexibility index (Phi) is 7.77. The number of ether oxygens (including phenoxy) is 2. The van der Waals surface area contributed by atoms with Crippen molar-refractivity contribution in [3.05, 3.63) is 24.0 Å². The van der Waals surface area contributed by atoms with Gasteiger partial charge in [-0.05, 0) is 57.3 Å². The van der Waals surface area contributed by atoms with Crippen molar-refractivity contribution in [1.29, 1.82) is 0 Å². The minimum atomic E-state index is -0.439. The highest BCUT2D eigenvalue weighted by Gasteiger charge is 2.28. The van der Waals surface area contributed by atoms with Gasteiger partial charge in [0.2, 0.25) is 17.8 Å². The largest absolute Gasteiger partial charge is 0.494 e. The Hall–Kier alpha value is -2.72. The van der Waals surface area contributed by atoms with E-state index in [2.05, 4.69) is 32.1 Å². The average Bonchev–Trinajstić information content (AvgIpc) is 3.11. The van der Waals surface area contributed by atoms with Crippen molar-refractivity contribution in [3.8, 4) is 5.75 Å². The molecule has 2 aromatic rings. The summed E-state index contributed by atoms with van der Waals surface area (Å²) in [6.07, 6.45) is 6.18. The first kappa shape index (κ1) is 23.4. The summed E-state index contributed by atoms with van der Waals surface area (Å²) in [4.78, 5) is 17.7. The van der Waals surface area contributed by atoms with Gasteiger partial charge in [-0.2, -0.15) is 15.0 Å². The molecule has 1 aromatic carbocycles. The summed E-state index contributed by atoms with van der Waals surface area (Å²) in [6, 6.07) is 5.19. The Morgan fingerprint density at radius 1 is 1.21 bits per heavy atom. The first-order chi connectivity index (χ1) is 16.1. The number of benzene rings is 1. The number of nitrogens with one attached hydrogen (secondary N) is 1. The maximum Gasteiger partial charge on any atom is 0.236 e. The van der Waals surface area contributed by atoms with Gasteiger partial charge in [-0.3, -0.25) is 4.90 Å². The summed E-state index contributed by atoms with van der Waals surface area (Å²) in [6.45, 7) is 5.49. The minimum absolute atomic E-state index is 0.105. The first-order valence-electron chi connectivity index (χ1n) is 11.8. The number of hydrogen-bond acceptors (Lipinski definition) is 9. The molecule has 1 aromatic heterocycles. The van der Waals surface area contributed by atoms with Gasteiger partial charge in [0, 0.05) is 30.9 Å². The molecular formula is C23H34FN7O2. The van der Waals surface area contributed by atoms with E-state index >= 15 is 0 Å². The second kappa shape index (κ2) is 10.9. The van der Waals surface area contributed by atoms with Gasteiger partial charge in [-0.1, -0.05) is 13.3 Å². The summed E-state index contributed by atoms with van der Waals surface area (Å²) in [5.41, 5.74) is 6.71. The van der Waals surface area contributed by atoms with Crippen molar-refractivity contribution < 1.29 is 13.9 Å². The predicted molar refractivity (Wildman–Crippen MR) is 126 cm³/mol. The highest BCUT2D eigenvalue weighted by molar-refractivity contribution is 5.60. The molecule has 0 aliphatic carbocycles. The third-order valence-corrected chi connectivity index (χ3v) is 6.35. The lowest BCUT2D eigenvalue weighted by molar-refractivity contribution is 0.0778. The van der Waals surface area contributed by atoms with Crippen molar-refractivity contribution in [3.63, 3.8) is 0 Å². The van der Waals surface area contributed by atoms with E-state index in [0.717, 1.165) is 51.6 Å². The van der Waals surface area contributed by atoms with Gasteiger partial charge in [0.05, 0.1) is 7.11 Å². The summed E-state index contributed by atoms with van der Waals surface area (Å²) in [7, 11) is 1.45. The molecule has 3 heterocycles. The fourth-order valence-electron chi connectivity index (χ4n) is 4.60. The van der Waals surface area contributed by atoms with Gasteiger partial charge < -0.3 is 25.4 Å². The van der Waals surface area contributed by atoms with E-state index in [-0.39, 0.29) is 17.9 Å². The standard InChI is InChI=1S/C23H34FN7O2/c1-3-30-12-7-8-17(30)15-31(16-10-11-19(32-2)18(24)14-16)23-28-21(25)27-22(29-23)26-20-9-5-4-6-13-33-20/h10-11,14,17,20H,3-9,12-13,15H2,1-2H3,(H3,25,26,27,28,29). The molecule has 0 bridgehead atoms. The number of rotatable bonds is 8. The normalized spacial score (nSPS) is 21.5. The lowest BCUT2D eigenvalue weighted by atomic mass is 10.2. The highest BCUT2D eigenvalue weighted by Crippen LogP contribution is 2.30. The molecule has 180 valence electrons. The Morgan fingerprint density at radius 3 is 2.88 bits per heavy atom. The summed E-state index contributed by atoms with van der Waals surface area (Å²) < 4.78 is 25.6. The van der Waals surface area contributed by atoms with Crippen molar-refractivity contribution in [2.45, 2.75) is 57.7 Å². The van der Waals surface area contributed by atoms with Gasteiger partial charge in [0.1, 0.15) is 6.23 Å². The van der Waals surface area contributed by atoms with E-state index < -0.39 is 5.82 Å². The van der Waals surface area contributed by atoms with Crippen molar-refractivity contribution in [1.82, 2.24) is 19.9 Å². The van der Waals surface area contributed by atoms with Crippen LogP contribution in [-0.4, -0.2) is 65.5 Å². The molecule has 0 spiro atoms. The van der Waals surface area contributed by atoms with Gasteiger partial charge in [0.15, 0.2) is 11.6 Å². The first-order valence-corrected chi connectivity index (χ1v) is 11.8. The Balaban J connectivity index is 1.65. The fraction of sp³-hybridized carbons (Fsp3) is 0.609. The zero-order valence-corrected chi connectivity index (χ0v) is 19.5. The molecule has 2 aliphatic rings. The van der Waals surface area contributed by atoms with Crippen molar-refractivity contribution >= 4 is 23.5 Å². The molecule has 2 atom stereocenters. The molecule has 2 aliphatic heterocycles. The monoisotopic (exact) mass is 459 g/mol. The number of likely N-dealkylation sites (N-methyl/N-ethyl adjacent to an activating group) is 1. The number of nitrogen functional groups attached to an aromatic ring is 1. The number of hydrogen-bond donors (Lipinski definition) is 2. The zero-order valence-electron chi connectivity index (χ0n) is 19.5. The maximum atomic E-state index is 14.6. The summed E-state index contributed by atoms with van der Waals surface area (Å²) >= 11 is 0. The molecule has 0 radical (unpaired) electrons. The van der Waals surface area contributed by atoms with Crippen LogP contribution in [0.5, 0.6) is 5.75 Å². The third kappa shape index (κ3) is 5.80. The van der Waals surface area contributed by atoms with Crippen LogP contribution in [0, 0.1) is 5.82 Å². The van der Waals surface area contributed by atoms with Gasteiger partial charge in [-0.25, -0.2) is 4.39 Å². The molecule has 0 saturated carbocycles. The average molecular weight is 460 g/mol. The molecule has 2 unspecified atom stereocenters. The lowest BCUT2D eigenvalue weighted by Gasteiger charge is -2.31. The Morgan fingerprint density at radius 2 is 2.09 bits per heavy atom. The quantitative estimate of drug-likeness (QED) is 0.613. The molecule has 0 amide bonds. The van der Waals surface area contributed by atoms with E-state index in [1.165, 1.54) is 13.2 Å². The van der Waals surface area contributed by atoms with Crippen LogP contribution in [0.3, 0.4) is 0 Å². The Bertz CT molecular complexity index is 924. The second-order valence-corrected chi connectivity index (χ2v) is 8.52. The van der Waals surface area contributed by atoms with E-state index in [4.69, 9.17) is 15.2 Å². The van der Waals surface area contributed by atoms with Gasteiger partial charge >= 0.3 is 0 Å². The number of anilines is 4. The predicted octanol–water partition coefficient (Wildman–Crippen LogP) is 3.55. The van der Waals surface area contributed by atoms with Crippen LogP contribution in [0.4, 0.5) is 27.9 Å². The van der Waals surface area contributed by atoms with Crippen LogP contribution in [0.2, 0.25) is 0 Å². The number of nitrogens with two attached hydrogens (primary N) is 1. The van der Waals surface area contributed by atoms with E-state index in [9.17, 15) is 4.39 Å². The van der Waals surface area contributed by atoms with Crippen LogP contribution < -0.4 is 20.7 Å². The van der Waals surface area contributed by atoms with Crippen LogP contribution in [0.25, 0.3) is 0 Å². The lowest BCUT2D eigenvalue weighted by Crippen LogP contribution is -2.39. The number of nitrogens with zero attached hydrogens (tertiary/aromatic N) is 5. The van der Waals surface area contributed by atoms with Crippen molar-refractivity contribution in [2.24, 2.45) is 0 Å². The minimum Gasteiger partial charge on any atom is -0.494 e. The van der Waals surface area contributed by atoms with E-state index in [0.29, 0.717) is 36.8 Å². The number of aromatic nitrogens is 3. The summed E-state index contributed by atoms with van der Waals surface area (Å²) in [5, 5.41) is 3.26. The number of methoxy groups -OCH3 is 1. The van der Waals surface area contributed by atoms with Crippen LogP contribution in [0.15, 0.2) is 18.2 Å². The molecule has 3 N–H and O–H groups in total. The van der Waals surface area contributed by atoms with Crippen LogP contribution in [-0.2, 0) is 4.74 Å². The molecule has 33 heavy (non-hydrogen) atoms. The Labute approximate surface area is 194 Å². The smallest absolute Gasteiger partial charge is 0.236 e. The highest BCUT2D eigenvalue weighted by atomic mass is 19.1. The maximum absolute atomic E-state index is 14.6. The van der Waals surface area contributed by atoms with E-state index in [1.54, 1.807) is 6.07 Å².